The first-order valence-electron chi connectivity index (χ1n) is 19.9. The number of aliphatic hydroxyl groups is 3. The van der Waals surface area contributed by atoms with Crippen molar-refractivity contribution in [1.82, 2.24) is 4.90 Å². The molecular weight excluding hydrogens is 762 g/mol. The first-order valence-corrected chi connectivity index (χ1v) is 19.9. The van der Waals surface area contributed by atoms with Crippen LogP contribution in [0.4, 0.5) is 0 Å². The Morgan fingerprint density at radius 2 is 1.66 bits per heavy atom. The molecule has 0 bridgehead atoms. The van der Waals surface area contributed by atoms with E-state index >= 15 is 0 Å². The molecule has 7 unspecified atom stereocenters. The second-order valence-electron chi connectivity index (χ2n) is 16.6. The molecule has 17 heteroatoms. The number of phenolic OH excluding ortho intramolecular Hbond substituents is 2. The van der Waals surface area contributed by atoms with Gasteiger partial charge in [-0.15, -0.1) is 0 Å². The molecule has 3 aromatic rings. The molecule has 0 saturated carbocycles. The van der Waals surface area contributed by atoms with E-state index in [2.05, 4.69) is 0 Å². The van der Waals surface area contributed by atoms with Crippen molar-refractivity contribution in [2.45, 2.75) is 133 Å². The minimum absolute atomic E-state index is 0.0679. The summed E-state index contributed by atoms with van der Waals surface area (Å²) in [4.78, 5) is 29.8. The largest absolute Gasteiger partial charge is 0.506 e. The molecule has 312 valence electrons. The Hall–Kier alpha value is -3.88. The molecule has 7 aliphatic rings. The van der Waals surface area contributed by atoms with Gasteiger partial charge in [-0.25, -0.2) is 0 Å². The molecule has 10 rings (SSSR count). The normalized spacial score (nSPS) is 36.4. The van der Waals surface area contributed by atoms with E-state index in [1.54, 1.807) is 11.8 Å². The van der Waals surface area contributed by atoms with Crippen LogP contribution in [0.25, 0.3) is 22.1 Å². The van der Waals surface area contributed by atoms with Crippen LogP contribution in [-0.2, 0) is 46.0 Å². The molecule has 3 saturated heterocycles. The molecule has 3 fully saturated rings. The number of benzene rings is 2. The second-order valence-corrected chi connectivity index (χ2v) is 16.6. The number of methoxy groups -OCH3 is 1. The number of ether oxygens (including phenoxy) is 8. The SMILES string of the molecule is CO[C@H]1CC(O[C@H]2CCC(OC3CC(O)c4c(oc5c6c7c(c(O)c5c4=O)-c4c(cc5c(c4O)C(=O)N4CCOC4(C)C5)CC7OCO6)C3O)O[C@@H]2C)O[C@@H](C)[C@@H]1O. The smallest absolute Gasteiger partial charge is 0.260 e. The monoisotopic (exact) mass is 809 g/mol. The van der Waals surface area contributed by atoms with Crippen LogP contribution < -0.4 is 10.2 Å². The predicted octanol–water partition coefficient (Wildman–Crippen LogP) is 2.86. The fourth-order valence-electron chi connectivity index (χ4n) is 10.2. The summed E-state index contributed by atoms with van der Waals surface area (Å²) in [6, 6.07) is 1.83. The van der Waals surface area contributed by atoms with Crippen molar-refractivity contribution in [3.8, 4) is 28.4 Å². The average molecular weight is 810 g/mol. The summed E-state index contributed by atoms with van der Waals surface area (Å²) in [6.45, 7) is 5.93. The van der Waals surface area contributed by atoms with Crippen LogP contribution in [-0.4, -0.2) is 118 Å². The summed E-state index contributed by atoms with van der Waals surface area (Å²) >= 11 is 0. The van der Waals surface area contributed by atoms with Crippen molar-refractivity contribution in [2.75, 3.05) is 27.1 Å². The highest BCUT2D eigenvalue weighted by Crippen LogP contribution is 2.58. The molecule has 12 atom stereocenters. The number of nitrogens with zero attached hydrogens (tertiary/aromatic N) is 1. The van der Waals surface area contributed by atoms with Crippen LogP contribution in [0.15, 0.2) is 15.3 Å². The Morgan fingerprint density at radius 1 is 0.879 bits per heavy atom. The van der Waals surface area contributed by atoms with E-state index in [0.717, 1.165) is 0 Å². The van der Waals surface area contributed by atoms with Gasteiger partial charge in [0.2, 0.25) is 5.43 Å². The average Bonchev–Trinajstić information content (AvgIpc) is 3.58. The highest BCUT2D eigenvalue weighted by Gasteiger charge is 2.50. The van der Waals surface area contributed by atoms with Crippen molar-refractivity contribution in [2.24, 2.45) is 0 Å². The first kappa shape index (κ1) is 38.3. The maximum Gasteiger partial charge on any atom is 0.260 e. The van der Waals surface area contributed by atoms with Crippen molar-refractivity contribution in [3.63, 3.8) is 0 Å². The summed E-state index contributed by atoms with van der Waals surface area (Å²) < 4.78 is 54.1. The third kappa shape index (κ3) is 5.66. The van der Waals surface area contributed by atoms with E-state index in [4.69, 9.17) is 42.3 Å². The second kappa shape index (κ2) is 13.8. The van der Waals surface area contributed by atoms with Gasteiger partial charge >= 0.3 is 0 Å². The molecule has 6 heterocycles. The third-order valence-corrected chi connectivity index (χ3v) is 13.2. The maximum atomic E-state index is 14.4. The zero-order chi connectivity index (χ0) is 40.5. The highest BCUT2D eigenvalue weighted by atomic mass is 16.7. The van der Waals surface area contributed by atoms with Crippen molar-refractivity contribution in [3.05, 3.63) is 49.9 Å². The quantitative estimate of drug-likeness (QED) is 0.250. The molecule has 58 heavy (non-hydrogen) atoms. The van der Waals surface area contributed by atoms with E-state index < -0.39 is 84.2 Å². The summed E-state index contributed by atoms with van der Waals surface area (Å²) in [7, 11) is 1.53. The van der Waals surface area contributed by atoms with E-state index in [-0.39, 0.29) is 76.2 Å². The van der Waals surface area contributed by atoms with Crippen molar-refractivity contribution >= 4 is 16.9 Å². The van der Waals surface area contributed by atoms with Crippen molar-refractivity contribution in [1.29, 1.82) is 0 Å². The van der Waals surface area contributed by atoms with Gasteiger partial charge in [-0.05, 0) is 38.3 Å². The molecule has 1 aromatic heterocycles. The highest BCUT2D eigenvalue weighted by molar-refractivity contribution is 6.06. The molecule has 17 nitrogen and oxygen atoms in total. The Balaban J connectivity index is 0.960. The van der Waals surface area contributed by atoms with E-state index in [0.29, 0.717) is 55.5 Å². The van der Waals surface area contributed by atoms with Crippen LogP contribution in [0, 0.1) is 0 Å². The molecule has 2 aliphatic carbocycles. The Bertz CT molecular complexity index is 2260. The molecule has 0 radical (unpaired) electrons. The minimum Gasteiger partial charge on any atom is -0.506 e. The predicted molar refractivity (Wildman–Crippen MR) is 197 cm³/mol. The van der Waals surface area contributed by atoms with Gasteiger partial charge in [-0.1, -0.05) is 6.07 Å². The summed E-state index contributed by atoms with van der Waals surface area (Å²) in [5.41, 5.74) is -0.175. The van der Waals surface area contributed by atoms with Crippen LogP contribution in [0.5, 0.6) is 17.2 Å². The molecule has 1 amide bonds. The molecular formula is C41H47NO16. The Kier molecular flexibility index (Phi) is 9.14. The van der Waals surface area contributed by atoms with Crippen LogP contribution >= 0.6 is 0 Å². The van der Waals surface area contributed by atoms with Gasteiger partial charge in [0.25, 0.3) is 5.91 Å². The number of aromatic hydroxyl groups is 2. The number of hydrogen-bond acceptors (Lipinski definition) is 16. The fourth-order valence-corrected chi connectivity index (χ4v) is 10.2. The number of hydrogen-bond donors (Lipinski definition) is 5. The number of carbonyl (C=O) groups excluding carboxylic acids is 1. The first-order chi connectivity index (χ1) is 27.8. The number of aliphatic hydroxyl groups excluding tert-OH is 3. The zero-order valence-corrected chi connectivity index (χ0v) is 32.5. The zero-order valence-electron chi connectivity index (χ0n) is 32.5. The van der Waals surface area contributed by atoms with E-state index in [1.165, 1.54) is 7.11 Å². The molecule has 0 spiro atoms. The lowest BCUT2D eigenvalue weighted by molar-refractivity contribution is -0.303. The Labute approximate surface area is 331 Å². The van der Waals surface area contributed by atoms with Crippen molar-refractivity contribution < 1.29 is 72.6 Å². The number of phenols is 2. The van der Waals surface area contributed by atoms with Crippen LogP contribution in [0.2, 0.25) is 0 Å². The fraction of sp³-hybridized carbons (Fsp3) is 0.610. The lowest BCUT2D eigenvalue weighted by Crippen LogP contribution is -2.51. The number of fused-ring (bicyclic) bond motifs is 7. The molecule has 5 N–H and O–H groups in total. The molecule has 5 aliphatic heterocycles. The Morgan fingerprint density at radius 3 is 2.43 bits per heavy atom. The van der Waals surface area contributed by atoms with Crippen LogP contribution in [0.3, 0.4) is 0 Å². The molecule has 2 aromatic carbocycles. The van der Waals surface area contributed by atoms with Gasteiger partial charge in [-0.3, -0.25) is 9.59 Å². The summed E-state index contributed by atoms with van der Waals surface area (Å²) in [6.07, 6.45) is -6.87. The lowest BCUT2D eigenvalue weighted by Gasteiger charge is -2.42. The lowest BCUT2D eigenvalue weighted by atomic mass is 9.77. The van der Waals surface area contributed by atoms with E-state index in [1.807, 2.05) is 19.9 Å². The number of carbonyl (C=O) groups is 1. The van der Waals surface area contributed by atoms with Gasteiger partial charge in [0, 0.05) is 62.4 Å². The number of amides is 1. The van der Waals surface area contributed by atoms with Gasteiger partial charge < -0.3 is 72.7 Å². The van der Waals surface area contributed by atoms with Crippen LogP contribution in [0.1, 0.15) is 103 Å². The van der Waals surface area contributed by atoms with Gasteiger partial charge in [0.1, 0.15) is 40.6 Å². The summed E-state index contributed by atoms with van der Waals surface area (Å²) in [5.74, 6) is -1.43. The van der Waals surface area contributed by atoms with Gasteiger partial charge in [0.15, 0.2) is 30.7 Å². The standard InChI is InChI=1S/C41H47NO16/c1-15-20(56-25-12-22(50-4)32(44)16(2)55-25)5-6-24(54-15)57-23-11-19(43)28-35(47)31-36(48)30-26-17(9-18-13-41(3)42(7-8-53-41)40(49)27(18)34(26)46)10-21-29(30)38(52-14-51-21)39(31)58-37(28)33(23)45/h9,15-16,19-25,32-33,43-46,48H,5-8,10-14H2,1-4H3/t15-,16+,19?,20+,21?,22+,23?,24?,25?,32+,33?,41?/m1/s1. The summed E-state index contributed by atoms with van der Waals surface area (Å²) in [5, 5.41) is 57.2. The number of rotatable bonds is 5. The maximum absolute atomic E-state index is 14.4. The topological polar surface area (TPSA) is 226 Å². The minimum atomic E-state index is -1.51. The van der Waals surface area contributed by atoms with E-state index in [9.17, 15) is 35.1 Å². The van der Waals surface area contributed by atoms with Gasteiger partial charge in [0.05, 0.1) is 60.5 Å². The third-order valence-electron chi connectivity index (χ3n) is 13.2. The van der Waals surface area contributed by atoms with Gasteiger partial charge in [-0.2, -0.15) is 0 Å².